The van der Waals surface area contributed by atoms with Gasteiger partial charge in [-0.15, -0.1) is 114 Å². The summed E-state index contributed by atoms with van der Waals surface area (Å²) in [7, 11) is 0. The molecular formula is C68H64Cl2Si2Ti2-2. The van der Waals surface area contributed by atoms with E-state index in [0.717, 1.165) is 0 Å². The monoisotopic (exact) mass is 1100 g/mol. The van der Waals surface area contributed by atoms with E-state index in [9.17, 15) is 0 Å². The molecule has 0 nitrogen and oxygen atoms in total. The fourth-order valence-corrected chi connectivity index (χ4v) is 8.69. The predicted octanol–water partition coefficient (Wildman–Crippen LogP) is 13.7. The minimum Gasteiger partial charge on any atom is -1.00 e. The van der Waals surface area contributed by atoms with Crippen LogP contribution in [0.15, 0.2) is 243 Å². The van der Waals surface area contributed by atoms with E-state index in [1.54, 1.807) is 0 Å². The Morgan fingerprint density at radius 2 is 0.432 bits per heavy atom. The number of rotatable bonds is 4. The van der Waals surface area contributed by atoms with Crippen LogP contribution in [0.5, 0.6) is 0 Å². The molecule has 0 aliphatic carbocycles. The molecule has 74 heavy (non-hydrogen) atoms. The normalized spacial score (nSPS) is 10.1. The van der Waals surface area contributed by atoms with Gasteiger partial charge >= 0.3 is 76.9 Å². The van der Waals surface area contributed by atoms with Crippen molar-refractivity contribution in [2.75, 3.05) is 0 Å². The van der Waals surface area contributed by atoms with E-state index in [2.05, 4.69) is 335 Å². The van der Waals surface area contributed by atoms with Crippen molar-refractivity contribution in [1.29, 1.82) is 0 Å². The molecule has 6 heteroatoms. The molecule has 0 N–H and O–H groups in total. The number of aryl methyl sites for hydroxylation is 4. The molecule has 12 rings (SSSR count). The Balaban J connectivity index is 0.000000173. The topological polar surface area (TPSA) is 0 Å². The summed E-state index contributed by atoms with van der Waals surface area (Å²) in [6.45, 7) is 17.6. The first-order chi connectivity index (χ1) is 34.8. The molecule has 12 aromatic carbocycles. The van der Waals surface area contributed by atoms with E-state index >= 15 is 0 Å². The van der Waals surface area contributed by atoms with Crippen molar-refractivity contribution in [1.82, 2.24) is 0 Å². The van der Waals surface area contributed by atoms with Crippen LogP contribution >= 0.6 is 0 Å². The molecule has 368 valence electrons. The Bertz CT molecular complexity index is 3160. The number of benzene rings is 8. The molecular weight excluding hydrogens is 1040 g/mol. The Kier molecular flexibility index (Phi) is 23.9. The third kappa shape index (κ3) is 17.9. The quantitative estimate of drug-likeness (QED) is 0.122. The Hall–Kier alpha value is -5.36. The number of hydrogen-bond acceptors (Lipinski definition) is 0. The van der Waals surface area contributed by atoms with Crippen LogP contribution in [-0.4, -0.2) is 12.4 Å². The minimum absolute atomic E-state index is 0. The average Bonchev–Trinajstić information content (AvgIpc) is 4.16. The van der Waals surface area contributed by atoms with Crippen molar-refractivity contribution in [2.45, 2.75) is 53.9 Å². The van der Waals surface area contributed by atoms with Gasteiger partial charge in [-0.3, -0.25) is 0 Å². The first-order valence-corrected chi connectivity index (χ1v) is 34.4. The maximum Gasteiger partial charge on any atom is -0.0200 e. The molecule has 0 amide bonds. The third-order valence-corrected chi connectivity index (χ3v) is 11.8. The summed E-state index contributed by atoms with van der Waals surface area (Å²) in [6.07, 6.45) is 0.241. The van der Waals surface area contributed by atoms with Crippen molar-refractivity contribution in [3.8, 4) is 44.5 Å². The largest absolute Gasteiger partial charge is 1.00 e. The summed E-state index contributed by atoms with van der Waals surface area (Å²) in [6, 6.07) is 86.5. The van der Waals surface area contributed by atoms with Gasteiger partial charge in [-0.25, -0.2) is 0 Å². The standard InChI is InChI=1S/4C16H13.2C2H6Si.2ClH.2Ti/c4*1-12-9-14-7-8-15(11-16(14)10-12)13-5-3-2-4-6-13;2*1-3-2;;;;/h4*2-11H,1H3;2*1-2H3;2*1H;;/q4*-1;;;;;2*+2/p-2. The summed E-state index contributed by atoms with van der Waals surface area (Å²) in [5.74, 6) is 0. The van der Waals surface area contributed by atoms with Gasteiger partial charge in [-0.1, -0.05) is 198 Å². The predicted molar refractivity (Wildman–Crippen MR) is 314 cm³/mol. The summed E-state index contributed by atoms with van der Waals surface area (Å²) >= 11 is 4.54. The zero-order valence-electron chi connectivity index (χ0n) is 43.8. The molecule has 0 aromatic heterocycles. The van der Waals surface area contributed by atoms with Crippen LogP contribution in [0.4, 0.5) is 0 Å². The summed E-state index contributed by atoms with van der Waals surface area (Å²) in [5, 5.41) is 10.7. The Morgan fingerprint density at radius 1 is 0.257 bits per heavy atom. The van der Waals surface area contributed by atoms with Crippen LogP contribution in [0, 0.1) is 27.7 Å². The molecule has 12 aromatic rings. The van der Waals surface area contributed by atoms with Gasteiger partial charge in [0.15, 0.2) is 0 Å². The van der Waals surface area contributed by atoms with Gasteiger partial charge in [0.25, 0.3) is 0 Å². The van der Waals surface area contributed by atoms with Crippen LogP contribution in [0.1, 0.15) is 22.3 Å². The van der Waals surface area contributed by atoms with Crippen molar-refractivity contribution >= 4 is 55.5 Å². The number of halogens is 2. The van der Waals surface area contributed by atoms with Gasteiger partial charge in [-0.2, -0.15) is 24.3 Å². The van der Waals surface area contributed by atoms with Crippen LogP contribution in [0.2, 0.25) is 26.2 Å². The second kappa shape index (κ2) is 29.7. The summed E-state index contributed by atoms with van der Waals surface area (Å²) in [4.78, 5) is 0. The zero-order valence-corrected chi connectivity index (χ0v) is 50.5. The molecule has 0 saturated carbocycles. The van der Waals surface area contributed by atoms with Crippen LogP contribution < -0.4 is 24.8 Å². The second-order valence-electron chi connectivity index (χ2n) is 19.0. The summed E-state index contributed by atoms with van der Waals surface area (Å²) in [5.41, 5.74) is 15.6. The van der Waals surface area contributed by atoms with Crippen LogP contribution in [0.3, 0.4) is 0 Å². The molecule has 0 aliphatic rings. The molecule has 0 fully saturated rings. The van der Waals surface area contributed by atoms with Crippen LogP contribution in [0.25, 0.3) is 87.6 Å². The molecule has 0 heterocycles. The fraction of sp³-hybridized carbons (Fsp3) is 0.118. The molecule has 0 unspecified atom stereocenters. The van der Waals surface area contributed by atoms with Crippen LogP contribution in [-0.2, 0) is 38.3 Å². The first-order valence-electron chi connectivity index (χ1n) is 24.7. The van der Waals surface area contributed by atoms with Crippen molar-refractivity contribution in [3.63, 3.8) is 0 Å². The molecule has 0 bridgehead atoms. The fourth-order valence-electron chi connectivity index (χ4n) is 8.69. The van der Waals surface area contributed by atoms with E-state index in [4.69, 9.17) is 0 Å². The number of hydrogen-bond donors (Lipinski definition) is 0. The van der Waals surface area contributed by atoms with E-state index < -0.39 is 0 Å². The van der Waals surface area contributed by atoms with Crippen molar-refractivity contribution in [2.24, 2.45) is 0 Å². The van der Waals surface area contributed by atoms with E-state index in [1.807, 2.05) is 0 Å². The minimum atomic E-state index is 0. The molecule has 0 aliphatic heterocycles. The van der Waals surface area contributed by atoms with Gasteiger partial charge in [-0.05, 0) is 44.5 Å². The second-order valence-corrected chi connectivity index (χ2v) is 32.3. The van der Waals surface area contributed by atoms with Gasteiger partial charge in [0.05, 0.1) is 0 Å². The van der Waals surface area contributed by atoms with E-state index in [1.165, 1.54) is 110 Å². The van der Waals surface area contributed by atoms with Gasteiger partial charge < -0.3 is 24.8 Å². The average molecular weight is 1100 g/mol. The SMILES string of the molecule is C[Si](C)=[Ti+2].C[Si](C)=[Ti+2].Cc1cc2cc(-c3ccccc3)ccc2[cH-]1.Cc1cc2cc(-c3ccccc3)ccc2[cH-]1.Cc1cc2cc(-c3ccccc3)ccc2[cH-]1.Cc1cc2cc(-c3ccccc3)ccc2[cH-]1.[Cl-].[Cl-]. The first kappa shape index (κ1) is 59.5. The van der Waals surface area contributed by atoms with E-state index in [-0.39, 0.29) is 37.2 Å². The molecule has 0 radical (unpaired) electrons. The number of fused-ring (bicyclic) bond motifs is 4. The maximum atomic E-state index is 2.27. The van der Waals surface area contributed by atoms with Gasteiger partial charge in [0.2, 0.25) is 0 Å². The van der Waals surface area contributed by atoms with E-state index in [0.29, 0.717) is 0 Å². The third-order valence-electron chi connectivity index (χ3n) is 11.8. The molecule has 0 spiro atoms. The Labute approximate surface area is 477 Å². The Morgan fingerprint density at radius 3 is 0.608 bits per heavy atom. The van der Waals surface area contributed by atoms with Gasteiger partial charge in [0, 0.05) is 0 Å². The van der Waals surface area contributed by atoms with Gasteiger partial charge in [0.1, 0.15) is 0 Å². The maximum absolute atomic E-state index is 2.27. The summed E-state index contributed by atoms with van der Waals surface area (Å²) < 4.78 is 0. The van der Waals surface area contributed by atoms with Crippen molar-refractivity contribution in [3.05, 3.63) is 265 Å². The zero-order chi connectivity index (χ0) is 51.0. The molecule has 0 atom stereocenters. The van der Waals surface area contributed by atoms with Crippen molar-refractivity contribution < 1.29 is 63.2 Å². The molecule has 0 saturated heterocycles. The smallest absolute Gasteiger partial charge is 0.0200 e.